The summed E-state index contributed by atoms with van der Waals surface area (Å²) in [6.45, 7) is 0. The lowest BCUT2D eigenvalue weighted by molar-refractivity contribution is 1.07. The Bertz CT molecular complexity index is 302. The van der Waals surface area contributed by atoms with Gasteiger partial charge in [0, 0.05) is 5.25 Å². The maximum absolute atomic E-state index is 2.30. The quantitative estimate of drug-likeness (QED) is 0.592. The number of fused-ring (bicyclic) bond motifs is 1. The van der Waals surface area contributed by atoms with Gasteiger partial charge in [0.2, 0.25) is 0 Å². The molecule has 0 aromatic heterocycles. The minimum Gasteiger partial charge on any atom is -0.153 e. The minimum atomic E-state index is 0.579. The zero-order valence-corrected chi connectivity index (χ0v) is 7.97. The molecule has 2 rings (SSSR count). The van der Waals surface area contributed by atoms with Crippen LogP contribution < -0.4 is 0 Å². The summed E-state index contributed by atoms with van der Waals surface area (Å²) in [4.78, 5) is 0. The van der Waals surface area contributed by atoms with Crippen molar-refractivity contribution in [2.45, 2.75) is 11.7 Å². The Morgan fingerprint density at radius 3 is 3.00 bits per heavy atom. The fourth-order valence-electron chi connectivity index (χ4n) is 1.63. The highest BCUT2D eigenvalue weighted by Gasteiger charge is 2.13. The Morgan fingerprint density at radius 2 is 2.17 bits per heavy atom. The van der Waals surface area contributed by atoms with Crippen LogP contribution in [0.2, 0.25) is 0 Å². The summed E-state index contributed by atoms with van der Waals surface area (Å²) < 4.78 is 0. The summed E-state index contributed by atoms with van der Waals surface area (Å²) in [7, 11) is 0. The molecule has 1 aromatic rings. The van der Waals surface area contributed by atoms with E-state index >= 15 is 0 Å². The van der Waals surface area contributed by atoms with Crippen LogP contribution in [-0.2, 0) is 6.42 Å². The first-order valence-electron chi connectivity index (χ1n) is 4.19. The highest BCUT2D eigenvalue weighted by Crippen LogP contribution is 2.33. The van der Waals surface area contributed by atoms with Gasteiger partial charge in [0.25, 0.3) is 0 Å². The van der Waals surface area contributed by atoms with E-state index in [9.17, 15) is 0 Å². The van der Waals surface area contributed by atoms with Crippen LogP contribution in [0, 0.1) is 0 Å². The molecule has 0 heterocycles. The monoisotopic (exact) mass is 176 g/mol. The molecule has 0 saturated heterocycles. The van der Waals surface area contributed by atoms with E-state index in [1.165, 1.54) is 11.1 Å². The van der Waals surface area contributed by atoms with E-state index in [0.29, 0.717) is 5.25 Å². The molecule has 0 bridgehead atoms. The van der Waals surface area contributed by atoms with E-state index in [0.717, 1.165) is 6.42 Å². The van der Waals surface area contributed by atoms with Gasteiger partial charge in [-0.15, -0.1) is 0 Å². The lowest BCUT2D eigenvalue weighted by atomic mass is 9.97. The van der Waals surface area contributed by atoms with Gasteiger partial charge in [-0.2, -0.15) is 11.8 Å². The standard InChI is InChI=1S/C11H12S/c1-12-11-8-4-6-9-5-2-3-7-10(9)11/h2-5,7-8,11H,6H2,1H3. The number of hydrogen-bond donors (Lipinski definition) is 0. The molecule has 0 N–H and O–H groups in total. The largest absolute Gasteiger partial charge is 0.153 e. The third kappa shape index (κ3) is 1.29. The first kappa shape index (κ1) is 7.93. The number of rotatable bonds is 1. The third-order valence-corrected chi connectivity index (χ3v) is 3.18. The van der Waals surface area contributed by atoms with Gasteiger partial charge >= 0.3 is 0 Å². The van der Waals surface area contributed by atoms with E-state index in [-0.39, 0.29) is 0 Å². The number of allylic oxidation sites excluding steroid dienone is 1. The van der Waals surface area contributed by atoms with E-state index in [1.54, 1.807) is 0 Å². The Labute approximate surface area is 77.7 Å². The summed E-state index contributed by atoms with van der Waals surface area (Å²) in [5.41, 5.74) is 2.98. The normalized spacial score (nSPS) is 20.6. The van der Waals surface area contributed by atoms with Crippen LogP contribution in [0.3, 0.4) is 0 Å². The van der Waals surface area contributed by atoms with Crippen LogP contribution >= 0.6 is 11.8 Å². The van der Waals surface area contributed by atoms with Crippen LogP contribution in [-0.4, -0.2) is 6.26 Å². The van der Waals surface area contributed by atoms with Crippen molar-refractivity contribution in [3.63, 3.8) is 0 Å². The molecule has 12 heavy (non-hydrogen) atoms. The molecular formula is C11H12S. The Morgan fingerprint density at radius 1 is 1.33 bits per heavy atom. The number of hydrogen-bond acceptors (Lipinski definition) is 1. The summed E-state index contributed by atoms with van der Waals surface area (Å²) in [5, 5.41) is 0.579. The van der Waals surface area contributed by atoms with Gasteiger partial charge in [0.05, 0.1) is 0 Å². The Balaban J connectivity index is 2.43. The van der Waals surface area contributed by atoms with Crippen molar-refractivity contribution >= 4 is 11.8 Å². The van der Waals surface area contributed by atoms with Gasteiger partial charge in [-0.1, -0.05) is 36.4 Å². The molecule has 1 aliphatic carbocycles. The molecular weight excluding hydrogens is 164 g/mol. The van der Waals surface area contributed by atoms with Gasteiger partial charge in [0.1, 0.15) is 0 Å². The predicted octanol–water partition coefficient (Wildman–Crippen LogP) is 3.20. The first-order valence-corrected chi connectivity index (χ1v) is 5.48. The molecule has 0 nitrogen and oxygen atoms in total. The van der Waals surface area contributed by atoms with Crippen molar-refractivity contribution in [2.24, 2.45) is 0 Å². The van der Waals surface area contributed by atoms with E-state index in [2.05, 4.69) is 42.7 Å². The summed E-state index contributed by atoms with van der Waals surface area (Å²) >= 11 is 1.90. The fourth-order valence-corrected chi connectivity index (χ4v) is 2.38. The highest BCUT2D eigenvalue weighted by atomic mass is 32.2. The van der Waals surface area contributed by atoms with Crippen LogP contribution in [0.4, 0.5) is 0 Å². The van der Waals surface area contributed by atoms with Gasteiger partial charge in [0.15, 0.2) is 0 Å². The highest BCUT2D eigenvalue weighted by molar-refractivity contribution is 7.99. The van der Waals surface area contributed by atoms with Gasteiger partial charge in [-0.25, -0.2) is 0 Å². The fraction of sp³-hybridized carbons (Fsp3) is 0.273. The Hall–Kier alpha value is -0.690. The molecule has 1 heteroatoms. The maximum Gasteiger partial charge on any atom is 0.0477 e. The SMILES string of the molecule is CSC1C=CCc2ccccc21. The smallest absolute Gasteiger partial charge is 0.0477 e. The van der Waals surface area contributed by atoms with Crippen LogP contribution in [0.5, 0.6) is 0 Å². The molecule has 1 aliphatic rings. The lowest BCUT2D eigenvalue weighted by Crippen LogP contribution is -2.00. The molecule has 0 aliphatic heterocycles. The van der Waals surface area contributed by atoms with Crippen LogP contribution in [0.15, 0.2) is 36.4 Å². The van der Waals surface area contributed by atoms with Gasteiger partial charge in [-0.3, -0.25) is 0 Å². The van der Waals surface area contributed by atoms with Crippen molar-refractivity contribution in [1.29, 1.82) is 0 Å². The molecule has 0 saturated carbocycles. The minimum absolute atomic E-state index is 0.579. The van der Waals surface area contributed by atoms with E-state index < -0.39 is 0 Å². The molecule has 1 unspecified atom stereocenters. The second-order valence-corrected chi connectivity index (χ2v) is 3.97. The topological polar surface area (TPSA) is 0 Å². The van der Waals surface area contributed by atoms with Crippen molar-refractivity contribution in [1.82, 2.24) is 0 Å². The zero-order valence-electron chi connectivity index (χ0n) is 7.16. The van der Waals surface area contributed by atoms with Crippen molar-refractivity contribution in [3.8, 4) is 0 Å². The predicted molar refractivity (Wildman–Crippen MR) is 55.5 cm³/mol. The average Bonchev–Trinajstić information content (AvgIpc) is 2.17. The second kappa shape index (κ2) is 3.36. The van der Waals surface area contributed by atoms with Gasteiger partial charge < -0.3 is 0 Å². The average molecular weight is 176 g/mol. The number of thioether (sulfide) groups is 1. The molecule has 0 amide bonds. The van der Waals surface area contributed by atoms with Crippen LogP contribution in [0.25, 0.3) is 0 Å². The molecule has 0 fully saturated rings. The number of benzene rings is 1. The van der Waals surface area contributed by atoms with E-state index in [1.807, 2.05) is 11.8 Å². The molecule has 0 radical (unpaired) electrons. The first-order chi connectivity index (χ1) is 5.92. The van der Waals surface area contributed by atoms with Crippen molar-refractivity contribution in [3.05, 3.63) is 47.5 Å². The zero-order chi connectivity index (χ0) is 8.39. The van der Waals surface area contributed by atoms with E-state index in [4.69, 9.17) is 0 Å². The van der Waals surface area contributed by atoms with Gasteiger partial charge in [-0.05, 0) is 23.8 Å². The van der Waals surface area contributed by atoms with Crippen LogP contribution in [0.1, 0.15) is 16.4 Å². The summed E-state index contributed by atoms with van der Waals surface area (Å²) in [5.74, 6) is 0. The lowest BCUT2D eigenvalue weighted by Gasteiger charge is -2.18. The second-order valence-electron chi connectivity index (χ2n) is 2.99. The summed E-state index contributed by atoms with van der Waals surface area (Å²) in [6.07, 6.45) is 7.83. The molecule has 1 atom stereocenters. The summed E-state index contributed by atoms with van der Waals surface area (Å²) in [6, 6.07) is 8.71. The third-order valence-electron chi connectivity index (χ3n) is 2.26. The Kier molecular flexibility index (Phi) is 2.22. The molecule has 1 aromatic carbocycles. The van der Waals surface area contributed by atoms with Crippen molar-refractivity contribution < 1.29 is 0 Å². The molecule has 0 spiro atoms. The molecule has 62 valence electrons. The maximum atomic E-state index is 2.30. The van der Waals surface area contributed by atoms with Crippen molar-refractivity contribution in [2.75, 3.05) is 6.26 Å².